The molecule has 1 spiro atoms. The number of ketones is 1. The number of carboxylic acid groups (broad SMARTS) is 1. The zero-order chi connectivity index (χ0) is 48.2. The van der Waals surface area contributed by atoms with Crippen LogP contribution in [0.2, 0.25) is 5.02 Å². The molecule has 6 saturated carbocycles. The molecule has 3 unspecified atom stereocenters. The molecule has 6 fully saturated rings. The number of unbranched alkanes of at least 4 members (excludes halogenated alkanes) is 1. The van der Waals surface area contributed by atoms with Crippen LogP contribution < -0.4 is 16.4 Å². The van der Waals surface area contributed by atoms with Gasteiger partial charge in [0.2, 0.25) is 5.91 Å². The number of nitrogens with two attached hydrogens (primary N) is 1. The van der Waals surface area contributed by atoms with Gasteiger partial charge in [0.15, 0.2) is 5.78 Å². The third kappa shape index (κ3) is 6.93. The third-order valence-corrected chi connectivity index (χ3v) is 21.5. The topological polar surface area (TPSA) is 185 Å². The van der Waals surface area contributed by atoms with E-state index < -0.39 is 46.2 Å². The highest BCUT2D eigenvalue weighted by Gasteiger charge is 2.78. The number of aliphatic hydroxyl groups excluding tert-OH is 1. The highest BCUT2D eigenvalue weighted by Crippen LogP contribution is 2.84. The van der Waals surface area contributed by atoms with Gasteiger partial charge in [0.05, 0.1) is 17.9 Å². The summed E-state index contributed by atoms with van der Waals surface area (Å²) < 4.78 is 6.54. The van der Waals surface area contributed by atoms with Gasteiger partial charge in [-0.1, -0.05) is 72.6 Å². The minimum atomic E-state index is -1.28. The summed E-state index contributed by atoms with van der Waals surface area (Å²) in [7, 11) is 0. The molecule has 66 heavy (non-hydrogen) atoms. The number of rotatable bonds is 14. The van der Waals surface area contributed by atoms with Crippen molar-refractivity contribution in [1.29, 1.82) is 0 Å². The van der Waals surface area contributed by atoms with Crippen LogP contribution in [0.1, 0.15) is 169 Å². The number of carbonyl (C=O) groups excluding carboxylic acids is 4. The summed E-state index contributed by atoms with van der Waals surface area (Å²) in [5, 5.41) is 28.9. The minimum Gasteiger partial charge on any atom is -0.481 e. The Hall–Kier alpha value is -3.28. The largest absolute Gasteiger partial charge is 0.481 e. The number of aliphatic carboxylic acids is 1. The second-order valence-electron chi connectivity index (χ2n) is 24.4. The smallest absolute Gasteiger partial charge is 0.309 e. The van der Waals surface area contributed by atoms with Crippen molar-refractivity contribution < 1.29 is 38.9 Å². The number of nitrogens with one attached hydrogen (secondary N) is 2. The fourth-order valence-electron chi connectivity index (χ4n) is 16.8. The van der Waals surface area contributed by atoms with Crippen molar-refractivity contribution in [2.45, 2.75) is 176 Å². The van der Waals surface area contributed by atoms with Crippen molar-refractivity contribution in [1.82, 2.24) is 10.6 Å². The summed E-state index contributed by atoms with van der Waals surface area (Å²) in [6, 6.07) is 6.52. The summed E-state index contributed by atoms with van der Waals surface area (Å²) in [5.74, 6) is -2.17. The Bertz CT molecular complexity index is 2190. The highest BCUT2D eigenvalue weighted by molar-refractivity contribution is 6.30. The number of carboxylic acids is 1. The maximum atomic E-state index is 14.4. The molecule has 1 aromatic carbocycles. The predicted octanol–water partition coefficient (Wildman–Crippen LogP) is 9.22. The van der Waals surface area contributed by atoms with Crippen molar-refractivity contribution in [2.24, 2.45) is 73.2 Å². The van der Waals surface area contributed by atoms with Crippen LogP contribution in [0.4, 0.5) is 0 Å². The normalized spacial score (nSPS) is 39.9. The van der Waals surface area contributed by atoms with Gasteiger partial charge in [-0.15, -0.1) is 0 Å². The first-order chi connectivity index (χ1) is 30.8. The lowest BCUT2D eigenvalue weighted by Gasteiger charge is -2.79. The molecule has 11 nitrogen and oxygen atoms in total. The first-order valence-electron chi connectivity index (χ1n) is 25.3. The maximum absolute atomic E-state index is 14.4. The number of carbonyl (C=O) groups is 5. The van der Waals surface area contributed by atoms with E-state index in [1.54, 1.807) is 31.2 Å². The van der Waals surface area contributed by atoms with Crippen LogP contribution in [0.5, 0.6) is 0 Å². The van der Waals surface area contributed by atoms with E-state index in [1.165, 1.54) is 0 Å². The van der Waals surface area contributed by atoms with Crippen LogP contribution in [-0.2, 0) is 23.9 Å². The third-order valence-electron chi connectivity index (χ3n) is 21.3. The molecule has 0 aliphatic heterocycles. The average Bonchev–Trinajstić information content (AvgIpc) is 3.56. The molecule has 2 amide bonds. The Kier molecular flexibility index (Phi) is 12.4. The zero-order valence-electron chi connectivity index (χ0n) is 41.2. The van der Waals surface area contributed by atoms with Gasteiger partial charge in [0.25, 0.3) is 5.91 Å². The number of hydrogen-bond donors (Lipinski definition) is 5. The van der Waals surface area contributed by atoms with Crippen LogP contribution in [-0.4, -0.2) is 70.6 Å². The van der Waals surface area contributed by atoms with Gasteiger partial charge >= 0.3 is 11.9 Å². The number of esters is 1. The monoisotopic (exact) mass is 932 g/mol. The molecule has 0 aromatic heterocycles. The molecule has 0 radical (unpaired) electrons. The summed E-state index contributed by atoms with van der Waals surface area (Å²) in [5.41, 5.74) is 5.22. The van der Waals surface area contributed by atoms with Gasteiger partial charge in [-0.05, 0) is 178 Å². The van der Waals surface area contributed by atoms with Gasteiger partial charge in [0, 0.05) is 34.4 Å². The van der Waals surface area contributed by atoms with Crippen molar-refractivity contribution >= 4 is 41.1 Å². The molecule has 7 aliphatic rings. The highest BCUT2D eigenvalue weighted by atomic mass is 35.5. The number of amides is 2. The number of halogens is 1. The van der Waals surface area contributed by atoms with Crippen molar-refractivity contribution in [2.75, 3.05) is 13.1 Å². The number of aliphatic hydroxyl groups is 1. The first-order valence-corrected chi connectivity index (χ1v) is 25.7. The fraction of sp³-hybridized carbons (Fsp3) is 0.759. The molecule has 0 bridgehead atoms. The summed E-state index contributed by atoms with van der Waals surface area (Å²) >= 11 is 6.09. The van der Waals surface area contributed by atoms with E-state index in [0.717, 1.165) is 68.9 Å². The molecular weight excluding hydrogens is 854 g/mol. The second-order valence-corrected chi connectivity index (χ2v) is 24.8. The Morgan fingerprint density at radius 3 is 2.12 bits per heavy atom. The standard InChI is InChI=1S/C54H78ClN3O8/c1-31(2)41-37(59)29-53(39(60)30-57-46(65)52(9,19-10-11-27-56)58-43(61)32-12-14-33(55)15-13-32)24-21-48(5)34(42(41)53)16-17-38-49(48,6)22-25-54-26-23-51(54,8)40(18-20-50(38,54)7)66-45(64)36-28-35(44(62)63)47(36,3)4/h12-15,31,34-36,38-40,60H,10-11,16-30,56H2,1-9H3,(H,57,65)(H,58,61)(H,62,63)/t34-,35+,36-,38+,39+,40+,48-,49?,50-,51-,52?,53?,54+/m1/s1. The number of Topliss-reactive ketones (excluding diaryl/α,β-unsaturated/α-hetero) is 1. The van der Waals surface area contributed by atoms with Crippen LogP contribution >= 0.6 is 11.6 Å². The Labute approximate surface area is 397 Å². The van der Waals surface area contributed by atoms with Crippen molar-refractivity contribution in [3.63, 3.8) is 0 Å². The predicted molar refractivity (Wildman–Crippen MR) is 254 cm³/mol. The van der Waals surface area contributed by atoms with Gasteiger partial charge in [-0.25, -0.2) is 0 Å². The quantitative estimate of drug-likeness (QED) is 0.0896. The van der Waals surface area contributed by atoms with E-state index in [1.807, 2.05) is 13.8 Å². The Morgan fingerprint density at radius 2 is 1.52 bits per heavy atom. The lowest BCUT2D eigenvalue weighted by molar-refractivity contribution is -0.321. The average molecular weight is 933 g/mol. The molecule has 0 saturated heterocycles. The van der Waals surface area contributed by atoms with E-state index in [4.69, 9.17) is 22.1 Å². The Morgan fingerprint density at radius 1 is 0.864 bits per heavy atom. The second kappa shape index (κ2) is 16.7. The van der Waals surface area contributed by atoms with Crippen molar-refractivity contribution in [3.8, 4) is 0 Å². The molecule has 1 aromatic rings. The summed E-state index contributed by atoms with van der Waals surface area (Å²) in [6.07, 6.45) is 10.5. The molecular formula is C54H78ClN3O8. The number of allylic oxidation sites excluding steroid dienone is 1. The first kappa shape index (κ1) is 49.2. The lowest BCUT2D eigenvalue weighted by atomic mass is 9.25. The molecule has 12 heteroatoms. The Balaban J connectivity index is 1.03. The number of benzene rings is 1. The van der Waals surface area contributed by atoms with Crippen LogP contribution in [0.3, 0.4) is 0 Å². The van der Waals surface area contributed by atoms with Gasteiger partial charge < -0.3 is 31.3 Å². The molecule has 8 rings (SSSR count). The fourth-order valence-corrected chi connectivity index (χ4v) is 16.9. The van der Waals surface area contributed by atoms with Crippen LogP contribution in [0, 0.1) is 67.5 Å². The summed E-state index contributed by atoms with van der Waals surface area (Å²) in [6.45, 7) is 20.1. The minimum absolute atomic E-state index is 0.0145. The van der Waals surface area contributed by atoms with Crippen LogP contribution in [0.25, 0.3) is 0 Å². The molecule has 13 atom stereocenters. The number of fused-ring (bicyclic) bond motifs is 6. The zero-order valence-corrected chi connectivity index (χ0v) is 41.9. The SMILES string of the molecule is CC(C)C1=C2[C@H]3CC[C@H]4C(C)(CC[C@@]56CC[C@]5(C)[C@@H](OC(=O)[C@H]5C[C@@H](C(=O)O)C5(C)C)CC[C@]46C)[C@]3(C)CCC2([C@@H](O)CNC(=O)C(C)(CCCCN)NC(=O)c2ccc(Cl)cc2)CC1=O. The van der Waals surface area contributed by atoms with Crippen molar-refractivity contribution in [3.05, 3.63) is 46.0 Å². The molecule has 6 N–H and O–H groups in total. The van der Waals surface area contributed by atoms with E-state index in [-0.39, 0.29) is 75.6 Å². The van der Waals surface area contributed by atoms with Gasteiger partial charge in [0.1, 0.15) is 11.6 Å². The summed E-state index contributed by atoms with van der Waals surface area (Å²) in [4.78, 5) is 67.8. The lowest BCUT2D eigenvalue weighted by Crippen LogP contribution is -2.74. The maximum Gasteiger partial charge on any atom is 0.309 e. The molecule has 0 heterocycles. The van der Waals surface area contributed by atoms with E-state index in [9.17, 15) is 34.2 Å². The van der Waals surface area contributed by atoms with E-state index in [0.29, 0.717) is 55.2 Å². The van der Waals surface area contributed by atoms with Gasteiger partial charge in [-0.2, -0.15) is 0 Å². The number of hydrogen-bond acceptors (Lipinski definition) is 8. The van der Waals surface area contributed by atoms with E-state index in [2.05, 4.69) is 52.2 Å². The van der Waals surface area contributed by atoms with Gasteiger partial charge in [-0.3, -0.25) is 24.0 Å². The van der Waals surface area contributed by atoms with E-state index >= 15 is 0 Å². The molecule has 7 aliphatic carbocycles. The molecule has 364 valence electrons. The number of ether oxygens (including phenoxy) is 1. The van der Waals surface area contributed by atoms with Crippen LogP contribution in [0.15, 0.2) is 35.4 Å².